The Balaban J connectivity index is 2.52. The van der Waals surface area contributed by atoms with E-state index < -0.39 is 0 Å². The Morgan fingerprint density at radius 1 is 1.41 bits per heavy atom. The zero-order valence-electron chi connectivity index (χ0n) is 10.6. The molecule has 17 heavy (non-hydrogen) atoms. The lowest BCUT2D eigenvalue weighted by Crippen LogP contribution is -2.29. The smallest absolute Gasteiger partial charge is 0.221 e. The van der Waals surface area contributed by atoms with Crippen LogP contribution < -0.4 is 11.1 Å². The van der Waals surface area contributed by atoms with E-state index in [2.05, 4.69) is 17.1 Å². The highest BCUT2D eigenvalue weighted by Gasteiger charge is 2.07. The second-order valence-electron chi connectivity index (χ2n) is 3.99. The third kappa shape index (κ3) is 4.44. The molecule has 1 amide bonds. The molecule has 0 saturated carbocycles. The summed E-state index contributed by atoms with van der Waals surface area (Å²) >= 11 is 0. The first-order valence-electron chi connectivity index (χ1n) is 5.93. The predicted octanol–water partition coefficient (Wildman–Crippen LogP) is 1.23. The molecule has 1 aromatic rings. The molecule has 0 aliphatic carbocycles. The van der Waals surface area contributed by atoms with Gasteiger partial charge in [-0.05, 0) is 18.2 Å². The molecule has 0 aromatic heterocycles. The molecule has 0 aliphatic heterocycles. The van der Waals surface area contributed by atoms with E-state index in [9.17, 15) is 4.79 Å². The van der Waals surface area contributed by atoms with Gasteiger partial charge in [0, 0.05) is 32.2 Å². The number of carbonyl (C=O) groups excluding carboxylic acids is 1. The van der Waals surface area contributed by atoms with Crippen LogP contribution in [0.4, 0.5) is 5.69 Å². The number of nitrogen functional groups attached to an aromatic ring is 1. The quantitative estimate of drug-likeness (QED) is 0.729. The minimum atomic E-state index is 0.0736. The molecule has 94 valence electrons. The molecule has 1 rings (SSSR count). The van der Waals surface area contributed by atoms with Crippen LogP contribution in [0.2, 0.25) is 0 Å². The summed E-state index contributed by atoms with van der Waals surface area (Å²) in [7, 11) is 1.66. The van der Waals surface area contributed by atoms with Gasteiger partial charge < -0.3 is 11.1 Å². The van der Waals surface area contributed by atoms with E-state index in [0.717, 1.165) is 30.9 Å². The lowest BCUT2D eigenvalue weighted by Gasteiger charge is -2.20. The van der Waals surface area contributed by atoms with Crippen LogP contribution in [0.5, 0.6) is 0 Å². The lowest BCUT2D eigenvalue weighted by atomic mass is 10.1. The lowest BCUT2D eigenvalue weighted by molar-refractivity contribution is -0.120. The molecule has 3 N–H and O–H groups in total. The summed E-state index contributed by atoms with van der Waals surface area (Å²) in [4.78, 5) is 13.4. The first-order valence-corrected chi connectivity index (χ1v) is 5.93. The van der Waals surface area contributed by atoms with Crippen molar-refractivity contribution < 1.29 is 4.79 Å². The van der Waals surface area contributed by atoms with E-state index in [1.165, 1.54) is 0 Å². The number of anilines is 1. The van der Waals surface area contributed by atoms with E-state index in [1.807, 2.05) is 24.3 Å². The van der Waals surface area contributed by atoms with Crippen molar-refractivity contribution in [3.8, 4) is 0 Å². The number of hydrogen-bond donors (Lipinski definition) is 2. The van der Waals surface area contributed by atoms with Gasteiger partial charge in [-0.15, -0.1) is 0 Å². The van der Waals surface area contributed by atoms with Crippen LogP contribution >= 0.6 is 0 Å². The zero-order chi connectivity index (χ0) is 12.7. The third-order valence-electron chi connectivity index (χ3n) is 2.83. The van der Waals surface area contributed by atoms with Gasteiger partial charge in [-0.3, -0.25) is 9.69 Å². The van der Waals surface area contributed by atoms with E-state index in [-0.39, 0.29) is 5.91 Å². The molecule has 0 bridgehead atoms. The van der Waals surface area contributed by atoms with Crippen LogP contribution in [0, 0.1) is 0 Å². The number of hydrogen-bond acceptors (Lipinski definition) is 3. The standard InChI is InChI=1S/C13H21N3O/c1-3-16(9-8-13(17)15-2)10-11-6-4-5-7-12(11)14/h4-7H,3,8-10,14H2,1-2H3,(H,15,17). The number of amides is 1. The maximum absolute atomic E-state index is 11.2. The summed E-state index contributed by atoms with van der Waals surface area (Å²) in [5.74, 6) is 0.0736. The second-order valence-corrected chi connectivity index (χ2v) is 3.99. The van der Waals surface area contributed by atoms with Gasteiger partial charge in [0.2, 0.25) is 5.91 Å². The van der Waals surface area contributed by atoms with Crippen molar-refractivity contribution >= 4 is 11.6 Å². The Hall–Kier alpha value is -1.55. The molecule has 0 atom stereocenters. The molecule has 1 aromatic carbocycles. The van der Waals surface area contributed by atoms with Gasteiger partial charge in [-0.25, -0.2) is 0 Å². The number of nitrogens with one attached hydrogen (secondary N) is 1. The van der Waals surface area contributed by atoms with E-state index in [4.69, 9.17) is 5.73 Å². The van der Waals surface area contributed by atoms with E-state index in [0.29, 0.717) is 6.42 Å². The molecule has 0 aliphatic rings. The van der Waals surface area contributed by atoms with Crippen molar-refractivity contribution in [2.75, 3.05) is 25.9 Å². The van der Waals surface area contributed by atoms with Crippen LogP contribution in [0.25, 0.3) is 0 Å². The van der Waals surface area contributed by atoms with Gasteiger partial charge in [-0.1, -0.05) is 25.1 Å². The molecule has 0 heterocycles. The van der Waals surface area contributed by atoms with Crippen molar-refractivity contribution in [2.24, 2.45) is 0 Å². The molecular formula is C13H21N3O. The minimum Gasteiger partial charge on any atom is -0.398 e. The Labute approximate surface area is 103 Å². The largest absolute Gasteiger partial charge is 0.398 e. The SMILES string of the molecule is CCN(CCC(=O)NC)Cc1ccccc1N. The van der Waals surface area contributed by atoms with Crippen LogP contribution in [0.15, 0.2) is 24.3 Å². The van der Waals surface area contributed by atoms with Crippen molar-refractivity contribution in [3.63, 3.8) is 0 Å². The first kappa shape index (κ1) is 13.5. The number of benzene rings is 1. The number of rotatable bonds is 6. The van der Waals surface area contributed by atoms with E-state index in [1.54, 1.807) is 7.05 Å². The van der Waals surface area contributed by atoms with Crippen molar-refractivity contribution in [1.82, 2.24) is 10.2 Å². The summed E-state index contributed by atoms with van der Waals surface area (Å²) < 4.78 is 0. The topological polar surface area (TPSA) is 58.4 Å². The maximum Gasteiger partial charge on any atom is 0.221 e. The van der Waals surface area contributed by atoms with Gasteiger partial charge in [-0.2, -0.15) is 0 Å². The van der Waals surface area contributed by atoms with E-state index >= 15 is 0 Å². The maximum atomic E-state index is 11.2. The molecule has 0 fully saturated rings. The Bertz CT molecular complexity index is 365. The molecular weight excluding hydrogens is 214 g/mol. The second kappa shape index (κ2) is 6.91. The Morgan fingerprint density at radius 2 is 2.12 bits per heavy atom. The highest BCUT2D eigenvalue weighted by molar-refractivity contribution is 5.75. The Morgan fingerprint density at radius 3 is 2.71 bits per heavy atom. The van der Waals surface area contributed by atoms with Crippen LogP contribution in [-0.4, -0.2) is 30.9 Å². The molecule has 0 radical (unpaired) electrons. The van der Waals surface area contributed by atoms with Crippen LogP contribution in [0.3, 0.4) is 0 Å². The average molecular weight is 235 g/mol. The Kier molecular flexibility index (Phi) is 5.49. The first-order chi connectivity index (χ1) is 8.17. The summed E-state index contributed by atoms with van der Waals surface area (Å²) in [6.45, 7) is 4.54. The van der Waals surface area contributed by atoms with Crippen molar-refractivity contribution in [2.45, 2.75) is 19.9 Å². The fraction of sp³-hybridized carbons (Fsp3) is 0.462. The van der Waals surface area contributed by atoms with Gasteiger partial charge in [0.25, 0.3) is 0 Å². The molecule has 4 nitrogen and oxygen atoms in total. The highest BCUT2D eigenvalue weighted by Crippen LogP contribution is 2.13. The van der Waals surface area contributed by atoms with Crippen LogP contribution in [0.1, 0.15) is 18.9 Å². The zero-order valence-corrected chi connectivity index (χ0v) is 10.6. The number of nitrogens with two attached hydrogens (primary N) is 1. The highest BCUT2D eigenvalue weighted by atomic mass is 16.1. The normalized spacial score (nSPS) is 10.5. The monoisotopic (exact) mass is 235 g/mol. The average Bonchev–Trinajstić information content (AvgIpc) is 2.36. The fourth-order valence-electron chi connectivity index (χ4n) is 1.65. The third-order valence-corrected chi connectivity index (χ3v) is 2.83. The number of nitrogens with zero attached hydrogens (tertiary/aromatic N) is 1. The molecule has 0 spiro atoms. The van der Waals surface area contributed by atoms with Gasteiger partial charge in [0.1, 0.15) is 0 Å². The molecule has 0 saturated heterocycles. The van der Waals surface area contributed by atoms with Gasteiger partial charge in [0.05, 0.1) is 0 Å². The molecule has 0 unspecified atom stereocenters. The summed E-state index contributed by atoms with van der Waals surface area (Å²) in [6.07, 6.45) is 0.525. The van der Waals surface area contributed by atoms with Crippen LogP contribution in [-0.2, 0) is 11.3 Å². The van der Waals surface area contributed by atoms with Gasteiger partial charge in [0.15, 0.2) is 0 Å². The summed E-state index contributed by atoms with van der Waals surface area (Å²) in [5, 5.41) is 2.63. The summed E-state index contributed by atoms with van der Waals surface area (Å²) in [5.41, 5.74) is 7.83. The number of para-hydroxylation sites is 1. The minimum absolute atomic E-state index is 0.0736. The summed E-state index contributed by atoms with van der Waals surface area (Å²) in [6, 6.07) is 7.84. The van der Waals surface area contributed by atoms with Crippen molar-refractivity contribution in [1.29, 1.82) is 0 Å². The molecule has 4 heteroatoms. The number of carbonyl (C=O) groups is 1. The van der Waals surface area contributed by atoms with Gasteiger partial charge >= 0.3 is 0 Å². The fourth-order valence-corrected chi connectivity index (χ4v) is 1.65. The predicted molar refractivity (Wildman–Crippen MR) is 70.5 cm³/mol. The van der Waals surface area contributed by atoms with Crippen molar-refractivity contribution in [3.05, 3.63) is 29.8 Å².